The maximum atomic E-state index is 2.55. The minimum absolute atomic E-state index is 0.199. The summed E-state index contributed by atoms with van der Waals surface area (Å²) in [5, 5.41) is 4.99. The van der Waals surface area contributed by atoms with E-state index in [9.17, 15) is 0 Å². The highest BCUT2D eigenvalue weighted by molar-refractivity contribution is 6.12. The van der Waals surface area contributed by atoms with Crippen LogP contribution in [0.5, 0.6) is 0 Å². The van der Waals surface area contributed by atoms with Gasteiger partial charge in [0.2, 0.25) is 0 Å². The summed E-state index contributed by atoms with van der Waals surface area (Å²) in [6.45, 7) is 2.36. The van der Waals surface area contributed by atoms with Crippen molar-refractivity contribution < 1.29 is 0 Å². The van der Waals surface area contributed by atoms with Crippen molar-refractivity contribution >= 4 is 55.2 Å². The van der Waals surface area contributed by atoms with Gasteiger partial charge in [0.25, 0.3) is 0 Å². The number of aromatic nitrogens is 1. The molecule has 55 heavy (non-hydrogen) atoms. The van der Waals surface area contributed by atoms with Crippen LogP contribution in [-0.2, 0) is 5.54 Å². The fourth-order valence-corrected chi connectivity index (χ4v) is 8.59. The van der Waals surface area contributed by atoms with Crippen LogP contribution in [0.3, 0.4) is 0 Å². The Balaban J connectivity index is 1.08. The van der Waals surface area contributed by atoms with Crippen LogP contribution in [-0.4, -0.2) is 4.57 Å². The summed E-state index contributed by atoms with van der Waals surface area (Å²) >= 11 is 0. The van der Waals surface area contributed by atoms with Crippen LogP contribution in [0.25, 0.3) is 60.4 Å². The van der Waals surface area contributed by atoms with E-state index in [1.54, 1.807) is 0 Å². The average molecular weight is 705 g/mol. The molecule has 1 atom stereocenters. The molecule has 0 N–H and O–H groups in total. The Labute approximate surface area is 322 Å². The van der Waals surface area contributed by atoms with E-state index < -0.39 is 0 Å². The average Bonchev–Trinajstić information content (AvgIpc) is 3.60. The molecule has 1 aliphatic rings. The highest BCUT2D eigenvalue weighted by Gasteiger charge is 2.29. The molecule has 0 aliphatic heterocycles. The molecule has 262 valence electrons. The van der Waals surface area contributed by atoms with Crippen molar-refractivity contribution in [2.75, 3.05) is 4.90 Å². The summed E-state index contributed by atoms with van der Waals surface area (Å²) in [5.74, 6) is 0. The first-order valence-corrected chi connectivity index (χ1v) is 19.2. The van der Waals surface area contributed by atoms with Crippen molar-refractivity contribution in [3.8, 4) is 22.3 Å². The third-order valence-corrected chi connectivity index (χ3v) is 11.3. The molecule has 1 heterocycles. The monoisotopic (exact) mass is 704 g/mol. The van der Waals surface area contributed by atoms with Crippen LogP contribution in [0, 0.1) is 0 Å². The zero-order valence-corrected chi connectivity index (χ0v) is 30.8. The standard InChI is InChI=1S/C53H40N2/c1-53(35-33-41(34-36-53)39-17-7-3-8-18-39)55-51-24-14-13-23-48(51)49-37-42(27-31-52(49)55)45-30-32-50(47-22-12-11-21-46(45)47)54(43-19-9-4-10-20-43)44-28-25-40(26-29-44)38-15-5-2-6-16-38/h2-35,37H,36H2,1H3. The van der Waals surface area contributed by atoms with Gasteiger partial charge in [0.1, 0.15) is 0 Å². The number of hydrogen-bond acceptors (Lipinski definition) is 1. The Hall–Kier alpha value is -6.90. The Morgan fingerprint density at radius 1 is 0.455 bits per heavy atom. The van der Waals surface area contributed by atoms with Crippen LogP contribution in [0.4, 0.5) is 17.1 Å². The Kier molecular flexibility index (Phi) is 8.03. The fourth-order valence-electron chi connectivity index (χ4n) is 8.59. The first-order valence-electron chi connectivity index (χ1n) is 19.2. The molecular weight excluding hydrogens is 665 g/mol. The van der Waals surface area contributed by atoms with E-state index >= 15 is 0 Å². The van der Waals surface area contributed by atoms with Gasteiger partial charge in [-0.25, -0.2) is 0 Å². The Morgan fingerprint density at radius 3 is 1.73 bits per heavy atom. The number of fused-ring (bicyclic) bond motifs is 4. The number of para-hydroxylation sites is 2. The van der Waals surface area contributed by atoms with Crippen molar-refractivity contribution in [1.29, 1.82) is 0 Å². The van der Waals surface area contributed by atoms with Gasteiger partial charge in [0.05, 0.1) is 11.2 Å². The van der Waals surface area contributed by atoms with Crippen molar-refractivity contribution in [2.24, 2.45) is 0 Å². The molecule has 2 heteroatoms. The van der Waals surface area contributed by atoms with Crippen LogP contribution < -0.4 is 4.90 Å². The molecule has 10 rings (SSSR count). The molecular formula is C53H40N2. The zero-order chi connectivity index (χ0) is 36.8. The number of benzene rings is 8. The van der Waals surface area contributed by atoms with E-state index in [0.29, 0.717) is 0 Å². The largest absolute Gasteiger partial charge is 0.331 e. The van der Waals surface area contributed by atoms with Gasteiger partial charge in [0.15, 0.2) is 0 Å². The summed E-state index contributed by atoms with van der Waals surface area (Å²) in [6.07, 6.45) is 8.02. The van der Waals surface area contributed by atoms with E-state index in [0.717, 1.165) is 23.5 Å². The second-order valence-electron chi connectivity index (χ2n) is 14.8. The molecule has 0 bridgehead atoms. The Bertz CT molecular complexity index is 2880. The van der Waals surface area contributed by atoms with Crippen LogP contribution in [0.15, 0.2) is 212 Å². The maximum absolute atomic E-state index is 2.55. The molecule has 0 radical (unpaired) electrons. The van der Waals surface area contributed by atoms with Crippen molar-refractivity contribution in [2.45, 2.75) is 18.9 Å². The van der Waals surface area contributed by atoms with E-state index in [1.807, 2.05) is 0 Å². The van der Waals surface area contributed by atoms with Gasteiger partial charge in [0, 0.05) is 38.6 Å². The molecule has 0 amide bonds. The first kappa shape index (κ1) is 32.7. The lowest BCUT2D eigenvalue weighted by molar-refractivity contribution is 0.438. The quantitative estimate of drug-likeness (QED) is 0.160. The predicted molar refractivity (Wildman–Crippen MR) is 234 cm³/mol. The van der Waals surface area contributed by atoms with Gasteiger partial charge < -0.3 is 9.47 Å². The highest BCUT2D eigenvalue weighted by atomic mass is 15.1. The molecule has 0 fully saturated rings. The minimum Gasteiger partial charge on any atom is -0.331 e. The van der Waals surface area contributed by atoms with Crippen LogP contribution >= 0.6 is 0 Å². The molecule has 8 aromatic carbocycles. The van der Waals surface area contributed by atoms with E-state index in [4.69, 9.17) is 0 Å². The van der Waals surface area contributed by atoms with Gasteiger partial charge in [-0.3, -0.25) is 0 Å². The highest BCUT2D eigenvalue weighted by Crippen LogP contribution is 2.45. The molecule has 9 aromatic rings. The Morgan fingerprint density at radius 2 is 1.02 bits per heavy atom. The van der Waals surface area contributed by atoms with Crippen molar-refractivity contribution in [1.82, 2.24) is 4.57 Å². The van der Waals surface area contributed by atoms with E-state index in [2.05, 4.69) is 229 Å². The number of anilines is 3. The second kappa shape index (κ2) is 13.5. The number of hydrogen-bond donors (Lipinski definition) is 0. The molecule has 0 saturated heterocycles. The number of rotatable bonds is 7. The number of nitrogens with zero attached hydrogens (tertiary/aromatic N) is 2. The van der Waals surface area contributed by atoms with Gasteiger partial charge in [-0.2, -0.15) is 0 Å². The molecule has 1 aliphatic carbocycles. The fraction of sp³-hybridized carbons (Fsp3) is 0.0566. The van der Waals surface area contributed by atoms with Crippen molar-refractivity contribution in [3.63, 3.8) is 0 Å². The second-order valence-corrected chi connectivity index (χ2v) is 14.8. The SMILES string of the molecule is CC1(n2c3ccccc3c3cc(-c4ccc(N(c5ccccc5)c5ccc(-c6ccccc6)cc5)c5ccccc45)ccc32)C=CC(c2ccccc2)=CC1. The lowest BCUT2D eigenvalue weighted by atomic mass is 9.87. The minimum atomic E-state index is -0.199. The topological polar surface area (TPSA) is 8.17 Å². The van der Waals surface area contributed by atoms with E-state index in [1.165, 1.54) is 66.0 Å². The summed E-state index contributed by atoms with van der Waals surface area (Å²) in [7, 11) is 0. The summed E-state index contributed by atoms with van der Waals surface area (Å²) < 4.78 is 2.55. The van der Waals surface area contributed by atoms with E-state index in [-0.39, 0.29) is 5.54 Å². The first-order chi connectivity index (χ1) is 27.1. The normalized spacial score (nSPS) is 15.4. The lowest BCUT2D eigenvalue weighted by Crippen LogP contribution is -2.28. The third-order valence-electron chi connectivity index (χ3n) is 11.3. The smallest absolute Gasteiger partial charge is 0.0643 e. The summed E-state index contributed by atoms with van der Waals surface area (Å²) in [5.41, 5.74) is 13.1. The van der Waals surface area contributed by atoms with Crippen molar-refractivity contribution in [3.05, 3.63) is 218 Å². The zero-order valence-electron chi connectivity index (χ0n) is 30.8. The molecule has 1 aromatic heterocycles. The van der Waals surface area contributed by atoms with Gasteiger partial charge in [-0.05, 0) is 101 Å². The van der Waals surface area contributed by atoms with Crippen LogP contribution in [0.1, 0.15) is 18.9 Å². The molecule has 0 saturated carbocycles. The maximum Gasteiger partial charge on any atom is 0.0643 e. The predicted octanol–water partition coefficient (Wildman–Crippen LogP) is 14.5. The molecule has 0 spiro atoms. The van der Waals surface area contributed by atoms with Gasteiger partial charge >= 0.3 is 0 Å². The lowest BCUT2D eigenvalue weighted by Gasteiger charge is -2.32. The summed E-state index contributed by atoms with van der Waals surface area (Å²) in [6, 6.07) is 70.3. The number of allylic oxidation sites excluding steroid dienone is 4. The third kappa shape index (κ3) is 5.75. The van der Waals surface area contributed by atoms with Gasteiger partial charge in [-0.1, -0.05) is 164 Å². The summed E-state index contributed by atoms with van der Waals surface area (Å²) in [4.78, 5) is 2.38. The van der Waals surface area contributed by atoms with Gasteiger partial charge in [-0.15, -0.1) is 0 Å². The van der Waals surface area contributed by atoms with Crippen LogP contribution in [0.2, 0.25) is 0 Å². The molecule has 1 unspecified atom stereocenters. The molecule has 2 nitrogen and oxygen atoms in total.